The van der Waals surface area contributed by atoms with E-state index in [1.165, 1.54) is 12.8 Å². The van der Waals surface area contributed by atoms with Crippen LogP contribution >= 0.6 is 0 Å². The quantitative estimate of drug-likeness (QED) is 0.814. The van der Waals surface area contributed by atoms with Crippen LogP contribution < -0.4 is 4.74 Å². The summed E-state index contributed by atoms with van der Waals surface area (Å²) in [4.78, 5) is 14.7. The molecule has 3 rings (SSSR count). The van der Waals surface area contributed by atoms with Crippen molar-refractivity contribution in [3.63, 3.8) is 0 Å². The standard InChI is InChI=1S/C17H23NO3/c19-9-8-18(15-3-1-2-4-15)12-16(20)13-5-6-17-14(11-13)7-10-21-17/h5-6,11,15,19H,1-4,7-10,12H2. The lowest BCUT2D eigenvalue weighted by Gasteiger charge is -2.27. The van der Waals surface area contributed by atoms with Gasteiger partial charge in [0.15, 0.2) is 5.78 Å². The lowest BCUT2D eigenvalue weighted by atomic mass is 10.0. The molecule has 1 aliphatic carbocycles. The molecular formula is C17H23NO3. The number of ketones is 1. The fourth-order valence-electron chi connectivity index (χ4n) is 3.42. The third kappa shape index (κ3) is 3.27. The Bertz CT molecular complexity index is 509. The van der Waals surface area contributed by atoms with Crippen LogP contribution in [0, 0.1) is 0 Å². The summed E-state index contributed by atoms with van der Waals surface area (Å²) in [5.74, 6) is 1.06. The van der Waals surface area contributed by atoms with Crippen LogP contribution in [0.2, 0.25) is 0 Å². The number of carbonyl (C=O) groups is 1. The van der Waals surface area contributed by atoms with Crippen LogP contribution in [0.15, 0.2) is 18.2 Å². The highest BCUT2D eigenvalue weighted by Crippen LogP contribution is 2.27. The van der Waals surface area contributed by atoms with Gasteiger partial charge in [-0.3, -0.25) is 9.69 Å². The van der Waals surface area contributed by atoms with Gasteiger partial charge in [-0.1, -0.05) is 12.8 Å². The molecule has 1 heterocycles. The molecule has 21 heavy (non-hydrogen) atoms. The van der Waals surface area contributed by atoms with Crippen molar-refractivity contribution < 1.29 is 14.6 Å². The third-order valence-corrected chi connectivity index (χ3v) is 4.59. The molecule has 0 aromatic heterocycles. The maximum absolute atomic E-state index is 12.5. The Morgan fingerprint density at radius 1 is 1.33 bits per heavy atom. The number of ether oxygens (including phenoxy) is 1. The van der Waals surface area contributed by atoms with Crippen LogP contribution in [-0.2, 0) is 6.42 Å². The maximum atomic E-state index is 12.5. The van der Waals surface area contributed by atoms with E-state index in [0.717, 1.165) is 36.1 Å². The number of rotatable bonds is 6. The van der Waals surface area contributed by atoms with E-state index in [-0.39, 0.29) is 12.4 Å². The van der Waals surface area contributed by atoms with Gasteiger partial charge in [0.05, 0.1) is 19.8 Å². The van der Waals surface area contributed by atoms with Gasteiger partial charge < -0.3 is 9.84 Å². The Morgan fingerprint density at radius 3 is 2.90 bits per heavy atom. The van der Waals surface area contributed by atoms with Crippen LogP contribution in [0.3, 0.4) is 0 Å². The topological polar surface area (TPSA) is 49.8 Å². The third-order valence-electron chi connectivity index (χ3n) is 4.59. The first-order chi connectivity index (χ1) is 10.3. The Labute approximate surface area is 125 Å². The second-order valence-corrected chi connectivity index (χ2v) is 5.98. The van der Waals surface area contributed by atoms with E-state index in [4.69, 9.17) is 4.74 Å². The van der Waals surface area contributed by atoms with E-state index in [1.54, 1.807) is 0 Å². The summed E-state index contributed by atoms with van der Waals surface area (Å²) in [7, 11) is 0. The van der Waals surface area contributed by atoms with Gasteiger partial charge in [0, 0.05) is 24.6 Å². The molecule has 1 N–H and O–H groups in total. The molecule has 1 aromatic carbocycles. The number of benzene rings is 1. The van der Waals surface area contributed by atoms with E-state index in [2.05, 4.69) is 4.90 Å². The summed E-state index contributed by atoms with van der Waals surface area (Å²) in [6.45, 7) is 1.82. The second kappa shape index (κ2) is 6.58. The van der Waals surface area contributed by atoms with Gasteiger partial charge in [-0.2, -0.15) is 0 Å². The Kier molecular flexibility index (Phi) is 4.56. The molecular weight excluding hydrogens is 266 g/mol. The average Bonchev–Trinajstić information content (AvgIpc) is 3.17. The number of carbonyl (C=O) groups excluding carboxylic acids is 1. The number of Topliss-reactive ketones (excluding diaryl/α,β-unsaturated/α-hetero) is 1. The smallest absolute Gasteiger partial charge is 0.176 e. The zero-order chi connectivity index (χ0) is 14.7. The van der Waals surface area contributed by atoms with Gasteiger partial charge >= 0.3 is 0 Å². The predicted molar refractivity (Wildman–Crippen MR) is 80.9 cm³/mol. The van der Waals surface area contributed by atoms with Crippen molar-refractivity contribution in [2.75, 3.05) is 26.3 Å². The summed E-state index contributed by atoms with van der Waals surface area (Å²) in [6.07, 6.45) is 5.64. The summed E-state index contributed by atoms with van der Waals surface area (Å²) in [5, 5.41) is 9.24. The number of hydrogen-bond donors (Lipinski definition) is 1. The molecule has 1 aliphatic heterocycles. The molecule has 1 fully saturated rings. The van der Waals surface area contributed by atoms with Crippen molar-refractivity contribution in [1.29, 1.82) is 0 Å². The number of aliphatic hydroxyl groups is 1. The van der Waals surface area contributed by atoms with Crippen LogP contribution in [0.25, 0.3) is 0 Å². The molecule has 0 atom stereocenters. The first-order valence-electron chi connectivity index (χ1n) is 7.92. The van der Waals surface area contributed by atoms with Crippen molar-refractivity contribution in [3.8, 4) is 5.75 Å². The molecule has 0 spiro atoms. The van der Waals surface area contributed by atoms with Crippen molar-refractivity contribution in [2.24, 2.45) is 0 Å². The highest BCUT2D eigenvalue weighted by molar-refractivity contribution is 5.98. The molecule has 2 aliphatic rings. The summed E-state index contributed by atoms with van der Waals surface area (Å²) in [5.41, 5.74) is 1.90. The van der Waals surface area contributed by atoms with E-state index in [9.17, 15) is 9.90 Å². The highest BCUT2D eigenvalue weighted by atomic mass is 16.5. The minimum absolute atomic E-state index is 0.113. The summed E-state index contributed by atoms with van der Waals surface area (Å²) < 4.78 is 5.48. The highest BCUT2D eigenvalue weighted by Gasteiger charge is 2.24. The fourth-order valence-corrected chi connectivity index (χ4v) is 3.42. The van der Waals surface area contributed by atoms with E-state index in [1.807, 2.05) is 18.2 Å². The monoisotopic (exact) mass is 289 g/mol. The van der Waals surface area contributed by atoms with Gasteiger partial charge in [-0.25, -0.2) is 0 Å². The number of aliphatic hydroxyl groups excluding tert-OH is 1. The summed E-state index contributed by atoms with van der Waals surface area (Å²) in [6, 6.07) is 6.19. The number of fused-ring (bicyclic) bond motifs is 1. The second-order valence-electron chi connectivity index (χ2n) is 5.98. The SMILES string of the molecule is O=C(CN(CCO)C1CCCC1)c1ccc2c(c1)CCO2. The normalized spacial score (nSPS) is 18.0. The van der Waals surface area contributed by atoms with Gasteiger partial charge in [-0.15, -0.1) is 0 Å². The largest absolute Gasteiger partial charge is 0.493 e. The lowest BCUT2D eigenvalue weighted by Crippen LogP contribution is -2.39. The lowest BCUT2D eigenvalue weighted by molar-refractivity contribution is 0.0862. The predicted octanol–water partition coefficient (Wildman–Crippen LogP) is 2.04. The molecule has 4 nitrogen and oxygen atoms in total. The van der Waals surface area contributed by atoms with Crippen LogP contribution in [0.4, 0.5) is 0 Å². The van der Waals surface area contributed by atoms with Gasteiger partial charge in [0.2, 0.25) is 0 Å². The Hall–Kier alpha value is -1.39. The molecule has 1 saturated carbocycles. The maximum Gasteiger partial charge on any atom is 0.176 e. The van der Waals surface area contributed by atoms with Crippen molar-refractivity contribution in [1.82, 2.24) is 4.90 Å². The zero-order valence-electron chi connectivity index (χ0n) is 12.4. The Morgan fingerprint density at radius 2 is 2.14 bits per heavy atom. The van der Waals surface area contributed by atoms with Gasteiger partial charge in [0.1, 0.15) is 5.75 Å². The van der Waals surface area contributed by atoms with E-state index < -0.39 is 0 Å². The zero-order valence-corrected chi connectivity index (χ0v) is 12.4. The number of hydrogen-bond acceptors (Lipinski definition) is 4. The molecule has 4 heteroatoms. The van der Waals surface area contributed by atoms with Gasteiger partial charge in [0.25, 0.3) is 0 Å². The van der Waals surface area contributed by atoms with Crippen molar-refractivity contribution >= 4 is 5.78 Å². The van der Waals surface area contributed by atoms with Crippen LogP contribution in [0.1, 0.15) is 41.6 Å². The molecule has 0 unspecified atom stereocenters. The first-order valence-corrected chi connectivity index (χ1v) is 7.92. The average molecular weight is 289 g/mol. The first kappa shape index (κ1) is 14.5. The molecule has 0 saturated heterocycles. The van der Waals surface area contributed by atoms with Crippen LogP contribution in [-0.4, -0.2) is 48.1 Å². The van der Waals surface area contributed by atoms with Crippen molar-refractivity contribution in [2.45, 2.75) is 38.1 Å². The minimum atomic E-state index is 0.113. The fraction of sp³-hybridized carbons (Fsp3) is 0.588. The van der Waals surface area contributed by atoms with E-state index in [0.29, 0.717) is 25.7 Å². The van der Waals surface area contributed by atoms with Crippen molar-refractivity contribution in [3.05, 3.63) is 29.3 Å². The van der Waals surface area contributed by atoms with E-state index >= 15 is 0 Å². The van der Waals surface area contributed by atoms with Crippen LogP contribution in [0.5, 0.6) is 5.75 Å². The molecule has 114 valence electrons. The Balaban J connectivity index is 1.68. The molecule has 0 radical (unpaired) electrons. The molecule has 1 aromatic rings. The van der Waals surface area contributed by atoms with Gasteiger partial charge in [-0.05, 0) is 36.6 Å². The number of nitrogens with zero attached hydrogens (tertiary/aromatic N) is 1. The summed E-state index contributed by atoms with van der Waals surface area (Å²) >= 11 is 0. The molecule has 0 amide bonds. The minimum Gasteiger partial charge on any atom is -0.493 e. The molecule has 0 bridgehead atoms.